The highest BCUT2D eigenvalue weighted by atomic mass is 127. The predicted octanol–water partition coefficient (Wildman–Crippen LogP) is 3.95. The summed E-state index contributed by atoms with van der Waals surface area (Å²) in [5.74, 6) is -0.961. The minimum absolute atomic E-state index is 0. The summed E-state index contributed by atoms with van der Waals surface area (Å²) in [4.78, 5) is 10.1. The minimum atomic E-state index is -0.817. The van der Waals surface area contributed by atoms with Crippen molar-refractivity contribution in [2.45, 2.75) is 33.7 Å². The van der Waals surface area contributed by atoms with Crippen molar-refractivity contribution in [3.63, 3.8) is 0 Å². The van der Waals surface area contributed by atoms with Crippen LogP contribution in [0.25, 0.3) is 0 Å². The highest BCUT2D eigenvalue weighted by molar-refractivity contribution is 14.0. The number of aryl methyl sites for hydroxylation is 2. The van der Waals surface area contributed by atoms with Crippen molar-refractivity contribution < 1.29 is 8.78 Å². The van der Waals surface area contributed by atoms with Crippen LogP contribution in [-0.4, -0.2) is 24.0 Å². The van der Waals surface area contributed by atoms with Gasteiger partial charge in [-0.15, -0.1) is 35.3 Å². The molecule has 2 aromatic rings. The fraction of sp³-hybridized carbons (Fsp3) is 0.412. The molecule has 25 heavy (non-hydrogen) atoms. The molecule has 0 bridgehead atoms. The molecule has 0 aliphatic carbocycles. The molecule has 0 saturated carbocycles. The highest BCUT2D eigenvalue weighted by Crippen LogP contribution is 2.17. The molecule has 0 amide bonds. The predicted molar refractivity (Wildman–Crippen MR) is 110 cm³/mol. The van der Waals surface area contributed by atoms with Gasteiger partial charge in [0.1, 0.15) is 5.01 Å². The van der Waals surface area contributed by atoms with Crippen LogP contribution in [0.3, 0.4) is 0 Å². The number of hydrogen-bond acceptors (Lipinski definition) is 3. The van der Waals surface area contributed by atoms with Gasteiger partial charge in [0.15, 0.2) is 17.6 Å². The zero-order valence-corrected chi connectivity index (χ0v) is 17.7. The summed E-state index contributed by atoms with van der Waals surface area (Å²) in [7, 11) is 0. The normalized spacial score (nSPS) is 11.2. The summed E-state index contributed by atoms with van der Waals surface area (Å²) >= 11 is 1.63. The molecule has 1 aromatic carbocycles. The second-order valence-corrected chi connectivity index (χ2v) is 6.62. The molecular formula is C17H23F2IN4S. The molecule has 4 nitrogen and oxygen atoms in total. The van der Waals surface area contributed by atoms with E-state index in [-0.39, 0.29) is 24.0 Å². The van der Waals surface area contributed by atoms with Crippen LogP contribution in [0.4, 0.5) is 8.78 Å². The average Bonchev–Trinajstić information content (AvgIpc) is 2.87. The van der Waals surface area contributed by atoms with E-state index in [2.05, 4.69) is 20.6 Å². The Balaban J connectivity index is 0.00000312. The summed E-state index contributed by atoms with van der Waals surface area (Å²) in [6.07, 6.45) is 0.378. The van der Waals surface area contributed by atoms with Gasteiger partial charge in [-0.3, -0.25) is 0 Å². The first-order valence-corrected chi connectivity index (χ1v) is 8.71. The highest BCUT2D eigenvalue weighted by Gasteiger charge is 2.08. The molecular weight excluding hydrogens is 457 g/mol. The van der Waals surface area contributed by atoms with Crippen LogP contribution < -0.4 is 10.6 Å². The zero-order chi connectivity index (χ0) is 17.5. The summed E-state index contributed by atoms with van der Waals surface area (Å²) < 4.78 is 26.8. The van der Waals surface area contributed by atoms with Gasteiger partial charge in [0.2, 0.25) is 0 Å². The van der Waals surface area contributed by atoms with E-state index in [9.17, 15) is 8.78 Å². The molecule has 0 fully saturated rings. The number of guanidine groups is 1. The van der Waals surface area contributed by atoms with Crippen LogP contribution in [0.5, 0.6) is 0 Å². The third-order valence-electron chi connectivity index (χ3n) is 3.51. The molecule has 0 aliphatic rings. The Morgan fingerprint density at radius 3 is 2.64 bits per heavy atom. The van der Waals surface area contributed by atoms with Gasteiger partial charge in [-0.2, -0.15) is 0 Å². The van der Waals surface area contributed by atoms with Crippen molar-refractivity contribution in [2.75, 3.05) is 13.1 Å². The first-order chi connectivity index (χ1) is 11.5. The number of nitrogens with one attached hydrogen (secondary N) is 2. The van der Waals surface area contributed by atoms with Gasteiger partial charge in [-0.1, -0.05) is 12.1 Å². The standard InChI is InChI=1S/C17H22F2N4S.HI/c1-4-20-17(22-10-15-23-11(2)12(3)24-15)21-9-8-13-6-5-7-14(18)16(13)19;/h5-7H,4,8-10H2,1-3H3,(H2,20,21,22);1H. The maximum Gasteiger partial charge on any atom is 0.191 e. The molecule has 0 saturated heterocycles. The Morgan fingerprint density at radius 1 is 1.24 bits per heavy atom. The molecule has 1 heterocycles. The van der Waals surface area contributed by atoms with Gasteiger partial charge in [-0.05, 0) is 38.8 Å². The summed E-state index contributed by atoms with van der Waals surface area (Å²) in [6, 6.07) is 4.22. The molecule has 0 aliphatic heterocycles. The number of benzene rings is 1. The average molecular weight is 480 g/mol. The Morgan fingerprint density at radius 2 is 2.00 bits per heavy atom. The largest absolute Gasteiger partial charge is 0.357 e. The molecule has 0 atom stereocenters. The molecule has 0 unspecified atom stereocenters. The van der Waals surface area contributed by atoms with Crippen LogP contribution in [0.1, 0.15) is 28.1 Å². The third kappa shape index (κ3) is 6.50. The summed E-state index contributed by atoms with van der Waals surface area (Å²) in [5.41, 5.74) is 1.38. The maximum absolute atomic E-state index is 13.6. The number of rotatable bonds is 6. The van der Waals surface area contributed by atoms with Crippen molar-refractivity contribution in [3.8, 4) is 0 Å². The lowest BCUT2D eigenvalue weighted by Gasteiger charge is -2.11. The van der Waals surface area contributed by atoms with Gasteiger partial charge >= 0.3 is 0 Å². The van der Waals surface area contributed by atoms with Gasteiger partial charge in [0.05, 0.1) is 12.2 Å². The monoisotopic (exact) mass is 480 g/mol. The van der Waals surface area contributed by atoms with Crippen molar-refractivity contribution in [1.82, 2.24) is 15.6 Å². The lowest BCUT2D eigenvalue weighted by atomic mass is 10.1. The SMILES string of the molecule is CCNC(=NCc1nc(C)c(C)s1)NCCc1cccc(F)c1F.I. The van der Waals surface area contributed by atoms with Crippen LogP contribution in [0, 0.1) is 25.5 Å². The van der Waals surface area contributed by atoms with E-state index < -0.39 is 11.6 Å². The maximum atomic E-state index is 13.6. The molecule has 138 valence electrons. The topological polar surface area (TPSA) is 49.3 Å². The second kappa shape index (κ2) is 10.6. The van der Waals surface area contributed by atoms with E-state index in [0.29, 0.717) is 31.0 Å². The first kappa shape index (κ1) is 21.8. The fourth-order valence-electron chi connectivity index (χ4n) is 2.15. The van der Waals surface area contributed by atoms with Gasteiger partial charge in [0.25, 0.3) is 0 Å². The number of halogens is 3. The molecule has 1 aromatic heterocycles. The van der Waals surface area contributed by atoms with Crippen molar-refractivity contribution in [3.05, 3.63) is 51.0 Å². The van der Waals surface area contributed by atoms with E-state index in [1.165, 1.54) is 10.9 Å². The van der Waals surface area contributed by atoms with Gasteiger partial charge in [0, 0.05) is 18.0 Å². The minimum Gasteiger partial charge on any atom is -0.357 e. The van der Waals surface area contributed by atoms with E-state index in [1.54, 1.807) is 17.4 Å². The number of aromatic nitrogens is 1. The molecule has 2 N–H and O–H groups in total. The molecule has 0 spiro atoms. The Kier molecular flexibility index (Phi) is 9.26. The first-order valence-electron chi connectivity index (χ1n) is 7.89. The number of thiazole rings is 1. The lowest BCUT2D eigenvalue weighted by Crippen LogP contribution is -2.38. The van der Waals surface area contributed by atoms with Crippen molar-refractivity contribution >= 4 is 41.3 Å². The lowest BCUT2D eigenvalue weighted by molar-refractivity contribution is 0.498. The van der Waals surface area contributed by atoms with Crippen molar-refractivity contribution in [2.24, 2.45) is 4.99 Å². The van der Waals surface area contributed by atoms with Crippen molar-refractivity contribution in [1.29, 1.82) is 0 Å². The Hall–Kier alpha value is -1.29. The van der Waals surface area contributed by atoms with Crippen LogP contribution >= 0.6 is 35.3 Å². The zero-order valence-electron chi connectivity index (χ0n) is 14.5. The summed E-state index contributed by atoms with van der Waals surface area (Å²) in [6.45, 7) is 7.66. The van der Waals surface area contributed by atoms with Gasteiger partial charge in [-0.25, -0.2) is 18.8 Å². The number of hydrogen-bond donors (Lipinski definition) is 2. The van der Waals surface area contributed by atoms with E-state index in [0.717, 1.165) is 23.3 Å². The second-order valence-electron chi connectivity index (χ2n) is 5.33. The van der Waals surface area contributed by atoms with Crippen LogP contribution in [-0.2, 0) is 13.0 Å². The van der Waals surface area contributed by atoms with Crippen LogP contribution in [0.15, 0.2) is 23.2 Å². The summed E-state index contributed by atoms with van der Waals surface area (Å²) in [5, 5.41) is 7.23. The van der Waals surface area contributed by atoms with E-state index in [1.807, 2.05) is 20.8 Å². The molecule has 2 rings (SSSR count). The fourth-order valence-corrected chi connectivity index (χ4v) is 3.01. The quantitative estimate of drug-likeness (QED) is 0.374. The van der Waals surface area contributed by atoms with Gasteiger partial charge < -0.3 is 10.6 Å². The van der Waals surface area contributed by atoms with E-state index in [4.69, 9.17) is 0 Å². The molecule has 8 heteroatoms. The van der Waals surface area contributed by atoms with E-state index >= 15 is 0 Å². The molecule has 0 radical (unpaired) electrons. The number of nitrogens with zero attached hydrogens (tertiary/aromatic N) is 2. The van der Waals surface area contributed by atoms with Crippen LogP contribution in [0.2, 0.25) is 0 Å². The number of aliphatic imine (C=N–C) groups is 1. The smallest absolute Gasteiger partial charge is 0.191 e. The third-order valence-corrected chi connectivity index (χ3v) is 4.57. The Labute approximate surface area is 168 Å². The Bertz CT molecular complexity index is 699.